The van der Waals surface area contributed by atoms with Gasteiger partial charge in [-0.1, -0.05) is 13.3 Å². The van der Waals surface area contributed by atoms with E-state index >= 15 is 0 Å². The lowest BCUT2D eigenvalue weighted by Gasteiger charge is -2.15. The molecule has 2 atom stereocenters. The van der Waals surface area contributed by atoms with Gasteiger partial charge in [0.25, 0.3) is 0 Å². The van der Waals surface area contributed by atoms with Crippen molar-refractivity contribution in [1.82, 2.24) is 4.72 Å². The van der Waals surface area contributed by atoms with Crippen molar-refractivity contribution in [3.05, 3.63) is 0 Å². The Hall–Kier alpha value is -0.620. The molecule has 0 aromatic rings. The van der Waals surface area contributed by atoms with Gasteiger partial charge < -0.3 is 5.11 Å². The van der Waals surface area contributed by atoms with E-state index in [1.165, 1.54) is 0 Å². The van der Waals surface area contributed by atoms with Crippen molar-refractivity contribution in [2.45, 2.75) is 44.9 Å². The minimum absolute atomic E-state index is 0.216. The Morgan fingerprint density at radius 3 is 2.29 bits per heavy atom. The molecule has 2 unspecified atom stereocenters. The molecular weight excluding hydrogens is 206 g/mol. The molecular formula is C8H17NO4S. The highest BCUT2D eigenvalue weighted by molar-refractivity contribution is 7.90. The molecule has 6 heteroatoms. The van der Waals surface area contributed by atoms with E-state index in [1.807, 2.05) is 6.92 Å². The number of nitrogens with one attached hydrogen (secondary N) is 1. The Morgan fingerprint density at radius 2 is 1.93 bits per heavy atom. The van der Waals surface area contributed by atoms with Crippen LogP contribution in [0.5, 0.6) is 0 Å². The largest absolute Gasteiger partial charge is 0.480 e. The molecule has 0 bridgehead atoms. The van der Waals surface area contributed by atoms with E-state index in [0.717, 1.165) is 13.3 Å². The van der Waals surface area contributed by atoms with Crippen molar-refractivity contribution in [2.75, 3.05) is 0 Å². The van der Waals surface area contributed by atoms with Gasteiger partial charge in [0.2, 0.25) is 10.0 Å². The van der Waals surface area contributed by atoms with Crippen LogP contribution in [0.4, 0.5) is 0 Å². The molecule has 0 aromatic carbocycles. The average Bonchev–Trinajstić information content (AvgIpc) is 2.02. The summed E-state index contributed by atoms with van der Waals surface area (Å²) in [5.74, 6) is -1.33. The van der Waals surface area contributed by atoms with Crippen LogP contribution >= 0.6 is 0 Å². The minimum atomic E-state index is -3.73. The lowest BCUT2D eigenvalue weighted by molar-refractivity contribution is -0.136. The molecule has 0 saturated heterocycles. The number of aliphatic carboxylic acids is 1. The van der Waals surface area contributed by atoms with Gasteiger partial charge in [0.05, 0.1) is 0 Å². The van der Waals surface area contributed by atoms with Crippen molar-refractivity contribution in [1.29, 1.82) is 0 Å². The number of carboxylic acids is 1. The summed E-state index contributed by atoms with van der Waals surface area (Å²) in [6.45, 7) is 4.81. The molecule has 2 N–H and O–H groups in total. The number of hydrogen-bond acceptors (Lipinski definition) is 3. The van der Waals surface area contributed by atoms with Gasteiger partial charge in [-0.3, -0.25) is 4.79 Å². The quantitative estimate of drug-likeness (QED) is 0.689. The van der Waals surface area contributed by atoms with E-state index in [-0.39, 0.29) is 6.04 Å². The minimum Gasteiger partial charge on any atom is -0.480 e. The van der Waals surface area contributed by atoms with Crippen molar-refractivity contribution < 1.29 is 18.3 Å². The second-order valence-electron chi connectivity index (χ2n) is 3.33. The van der Waals surface area contributed by atoms with Crippen LogP contribution in [-0.2, 0) is 14.8 Å². The molecule has 0 saturated carbocycles. The maximum Gasteiger partial charge on any atom is 0.323 e. The SMILES string of the molecule is CCCC(C)NS(=O)(=O)C(C)C(=O)O. The van der Waals surface area contributed by atoms with Gasteiger partial charge in [0.1, 0.15) is 0 Å². The Labute approximate surface area is 84.6 Å². The zero-order valence-corrected chi connectivity index (χ0v) is 9.47. The first kappa shape index (κ1) is 13.4. The van der Waals surface area contributed by atoms with Crippen molar-refractivity contribution in [3.63, 3.8) is 0 Å². The zero-order valence-electron chi connectivity index (χ0n) is 8.65. The van der Waals surface area contributed by atoms with Gasteiger partial charge in [-0.25, -0.2) is 13.1 Å². The number of carboxylic acid groups (broad SMARTS) is 1. The van der Waals surface area contributed by atoms with E-state index < -0.39 is 21.2 Å². The summed E-state index contributed by atoms with van der Waals surface area (Å²) < 4.78 is 25.1. The Balaban J connectivity index is 4.42. The molecule has 14 heavy (non-hydrogen) atoms. The molecule has 0 radical (unpaired) electrons. The maximum atomic E-state index is 11.4. The van der Waals surface area contributed by atoms with Crippen molar-refractivity contribution in [2.24, 2.45) is 0 Å². The van der Waals surface area contributed by atoms with Crippen LogP contribution in [0.25, 0.3) is 0 Å². The molecule has 0 rings (SSSR count). The van der Waals surface area contributed by atoms with Crippen LogP contribution < -0.4 is 4.72 Å². The highest BCUT2D eigenvalue weighted by atomic mass is 32.2. The first-order chi connectivity index (χ1) is 6.31. The summed E-state index contributed by atoms with van der Waals surface area (Å²) in [4.78, 5) is 10.5. The Morgan fingerprint density at radius 1 is 1.43 bits per heavy atom. The van der Waals surface area contributed by atoms with E-state index in [9.17, 15) is 13.2 Å². The van der Waals surface area contributed by atoms with Gasteiger partial charge in [0, 0.05) is 6.04 Å². The molecule has 0 aliphatic rings. The Kier molecular flexibility index (Phi) is 5.07. The lowest BCUT2D eigenvalue weighted by Crippen LogP contribution is -2.41. The first-order valence-corrected chi connectivity index (χ1v) is 6.09. The van der Waals surface area contributed by atoms with Crippen LogP contribution in [0.1, 0.15) is 33.6 Å². The van der Waals surface area contributed by atoms with Crippen LogP contribution in [0.3, 0.4) is 0 Å². The topological polar surface area (TPSA) is 83.5 Å². The molecule has 84 valence electrons. The van der Waals surface area contributed by atoms with Crippen molar-refractivity contribution >= 4 is 16.0 Å². The third-order valence-electron chi connectivity index (χ3n) is 1.90. The fourth-order valence-corrected chi connectivity index (χ4v) is 2.16. The van der Waals surface area contributed by atoms with E-state index in [0.29, 0.717) is 6.42 Å². The fraction of sp³-hybridized carbons (Fsp3) is 0.875. The molecule has 0 aliphatic heterocycles. The number of carbonyl (C=O) groups is 1. The fourth-order valence-electron chi connectivity index (χ4n) is 1.01. The lowest BCUT2D eigenvalue weighted by atomic mass is 10.2. The predicted octanol–water partition coefficient (Wildman–Crippen LogP) is 0.567. The third-order valence-corrected chi connectivity index (χ3v) is 3.76. The van der Waals surface area contributed by atoms with Crippen LogP contribution in [0.15, 0.2) is 0 Å². The van der Waals surface area contributed by atoms with Crippen LogP contribution in [0.2, 0.25) is 0 Å². The summed E-state index contributed by atoms with van der Waals surface area (Å²) in [7, 11) is -3.73. The summed E-state index contributed by atoms with van der Waals surface area (Å²) in [6.07, 6.45) is 1.55. The average molecular weight is 223 g/mol. The summed E-state index contributed by atoms with van der Waals surface area (Å²) in [5, 5.41) is 7.14. The summed E-state index contributed by atoms with van der Waals surface area (Å²) in [6, 6.07) is -0.216. The molecule has 0 heterocycles. The maximum absolute atomic E-state index is 11.4. The standard InChI is InChI=1S/C8H17NO4S/c1-4-5-6(2)9-14(12,13)7(3)8(10)11/h6-7,9H,4-5H2,1-3H3,(H,10,11). The van der Waals surface area contributed by atoms with Crippen LogP contribution in [-0.4, -0.2) is 30.8 Å². The van der Waals surface area contributed by atoms with Gasteiger partial charge >= 0.3 is 5.97 Å². The second-order valence-corrected chi connectivity index (χ2v) is 5.37. The van der Waals surface area contributed by atoms with Crippen LogP contribution in [0, 0.1) is 0 Å². The molecule has 0 fully saturated rings. The first-order valence-electron chi connectivity index (χ1n) is 4.55. The van der Waals surface area contributed by atoms with E-state index in [4.69, 9.17) is 5.11 Å². The zero-order chi connectivity index (χ0) is 11.4. The Bertz CT molecular complexity index is 286. The van der Waals surface area contributed by atoms with Gasteiger partial charge in [0.15, 0.2) is 5.25 Å². The third kappa shape index (κ3) is 4.06. The van der Waals surface area contributed by atoms with E-state index in [2.05, 4.69) is 4.72 Å². The molecule has 0 spiro atoms. The smallest absolute Gasteiger partial charge is 0.323 e. The second kappa shape index (κ2) is 5.31. The molecule has 0 aliphatic carbocycles. The number of rotatable bonds is 6. The van der Waals surface area contributed by atoms with Gasteiger partial charge in [-0.05, 0) is 20.3 Å². The van der Waals surface area contributed by atoms with Crippen molar-refractivity contribution in [3.8, 4) is 0 Å². The highest BCUT2D eigenvalue weighted by Crippen LogP contribution is 2.03. The monoisotopic (exact) mass is 223 g/mol. The molecule has 0 aromatic heterocycles. The normalized spacial score (nSPS) is 16.2. The predicted molar refractivity (Wildman–Crippen MR) is 53.5 cm³/mol. The van der Waals surface area contributed by atoms with Gasteiger partial charge in [-0.2, -0.15) is 0 Å². The number of hydrogen-bond donors (Lipinski definition) is 2. The highest BCUT2D eigenvalue weighted by Gasteiger charge is 2.28. The number of sulfonamides is 1. The summed E-state index contributed by atoms with van der Waals surface area (Å²) in [5.41, 5.74) is 0. The van der Waals surface area contributed by atoms with Gasteiger partial charge in [-0.15, -0.1) is 0 Å². The molecule has 0 amide bonds. The molecule has 5 nitrogen and oxygen atoms in total. The summed E-state index contributed by atoms with van der Waals surface area (Å²) >= 11 is 0. The van der Waals surface area contributed by atoms with E-state index in [1.54, 1.807) is 6.92 Å².